The van der Waals surface area contributed by atoms with Crippen molar-refractivity contribution in [1.82, 2.24) is 0 Å². The van der Waals surface area contributed by atoms with Crippen LogP contribution in [0.15, 0.2) is 0 Å². The van der Waals surface area contributed by atoms with Crippen LogP contribution in [0.1, 0.15) is 13.8 Å². The van der Waals surface area contributed by atoms with Gasteiger partial charge in [0.25, 0.3) is 0 Å². The molecule has 0 radical (unpaired) electrons. The molecule has 0 fully saturated rings. The van der Waals surface area contributed by atoms with Gasteiger partial charge in [0.2, 0.25) is 0 Å². The first kappa shape index (κ1) is 17.8. The number of hydrogen-bond donors (Lipinski definition) is 5. The summed E-state index contributed by atoms with van der Waals surface area (Å²) in [5.74, 6) is 0. The molecule has 0 spiro atoms. The van der Waals surface area contributed by atoms with Crippen molar-refractivity contribution >= 4 is 0 Å². The zero-order chi connectivity index (χ0) is 10.6. The lowest BCUT2D eigenvalue weighted by Gasteiger charge is -2.20. The largest absolute Gasteiger partial charge is 0.400 e. The number of nitrogens with two attached hydrogens (primary N) is 1. The summed E-state index contributed by atoms with van der Waals surface area (Å²) >= 11 is 0. The van der Waals surface area contributed by atoms with Gasteiger partial charge in [-0.1, -0.05) is 13.8 Å². The normalized spacial score (nSPS) is 9.00. The Bertz CT molecular complexity index is 58.2. The van der Waals surface area contributed by atoms with Gasteiger partial charge in [-0.3, -0.25) is 0 Å². The Morgan fingerprint density at radius 1 is 0.917 bits per heavy atom. The standard InChI is InChI=1S/C4H11NO3.C2H6.CH4O/c5-4(1-6,2-7)3-8;2*1-2/h6-8H,1-3,5H2;1-2H3;2H,1H3. The van der Waals surface area contributed by atoms with Crippen molar-refractivity contribution in [2.45, 2.75) is 19.4 Å². The van der Waals surface area contributed by atoms with Gasteiger partial charge in [-0.05, 0) is 0 Å². The smallest absolute Gasteiger partial charge is 0.0856 e. The molecule has 0 atom stereocenters. The molecule has 0 aliphatic rings. The quantitative estimate of drug-likeness (QED) is 0.358. The van der Waals surface area contributed by atoms with E-state index >= 15 is 0 Å². The van der Waals surface area contributed by atoms with Crippen LogP contribution < -0.4 is 5.73 Å². The van der Waals surface area contributed by atoms with Gasteiger partial charge in [0, 0.05) is 7.11 Å². The first-order chi connectivity index (χ1) is 5.68. The van der Waals surface area contributed by atoms with Crippen LogP contribution in [0.3, 0.4) is 0 Å². The van der Waals surface area contributed by atoms with Gasteiger partial charge in [-0.2, -0.15) is 0 Å². The molecule has 0 bridgehead atoms. The van der Waals surface area contributed by atoms with Gasteiger partial charge >= 0.3 is 0 Å². The van der Waals surface area contributed by atoms with Crippen molar-refractivity contribution in [2.75, 3.05) is 26.9 Å². The van der Waals surface area contributed by atoms with Gasteiger partial charge in [0.1, 0.15) is 0 Å². The second kappa shape index (κ2) is 13.4. The Labute approximate surface area is 73.5 Å². The maximum absolute atomic E-state index is 8.34. The Kier molecular flexibility index (Phi) is 19.8. The summed E-state index contributed by atoms with van der Waals surface area (Å²) < 4.78 is 0. The molecular formula is C7H21NO4. The Morgan fingerprint density at radius 2 is 1.08 bits per heavy atom. The fourth-order valence-corrected chi connectivity index (χ4v) is 0.150. The Morgan fingerprint density at radius 3 is 1.08 bits per heavy atom. The molecule has 6 N–H and O–H groups in total. The third-order valence-corrected chi connectivity index (χ3v) is 0.945. The average Bonchev–Trinajstić information content (AvgIpc) is 2.22. The third kappa shape index (κ3) is 9.80. The molecule has 0 amide bonds. The molecule has 0 aromatic carbocycles. The molecule has 0 aliphatic heterocycles. The van der Waals surface area contributed by atoms with Crippen LogP contribution in [-0.4, -0.2) is 52.9 Å². The van der Waals surface area contributed by atoms with Gasteiger partial charge in [-0.15, -0.1) is 0 Å². The first-order valence-corrected chi connectivity index (χ1v) is 3.75. The molecule has 0 heterocycles. The predicted molar refractivity (Wildman–Crippen MR) is 47.7 cm³/mol. The van der Waals surface area contributed by atoms with Crippen LogP contribution in [-0.2, 0) is 0 Å². The van der Waals surface area contributed by atoms with Crippen molar-refractivity contribution < 1.29 is 20.4 Å². The summed E-state index contributed by atoms with van der Waals surface area (Å²) in [6.07, 6.45) is 0. The van der Waals surface area contributed by atoms with E-state index in [0.717, 1.165) is 7.11 Å². The molecule has 5 nitrogen and oxygen atoms in total. The fraction of sp³-hybridized carbons (Fsp3) is 1.00. The van der Waals surface area contributed by atoms with E-state index in [4.69, 9.17) is 26.2 Å². The van der Waals surface area contributed by atoms with Crippen LogP contribution in [0.2, 0.25) is 0 Å². The lowest BCUT2D eigenvalue weighted by molar-refractivity contribution is 0.0698. The van der Waals surface area contributed by atoms with E-state index in [1.165, 1.54) is 0 Å². The van der Waals surface area contributed by atoms with Crippen molar-refractivity contribution in [3.63, 3.8) is 0 Å². The molecule has 0 saturated heterocycles. The van der Waals surface area contributed by atoms with E-state index in [-0.39, 0.29) is 0 Å². The molecule has 0 aliphatic carbocycles. The van der Waals surface area contributed by atoms with E-state index in [1.54, 1.807) is 0 Å². The van der Waals surface area contributed by atoms with Gasteiger partial charge in [-0.25, -0.2) is 0 Å². The Balaban J connectivity index is -0.000000175. The maximum Gasteiger partial charge on any atom is 0.0856 e. The molecule has 78 valence electrons. The lowest BCUT2D eigenvalue weighted by atomic mass is 10.1. The highest BCUT2D eigenvalue weighted by Crippen LogP contribution is 1.93. The molecule has 0 saturated carbocycles. The van der Waals surface area contributed by atoms with Crippen LogP contribution in [0.5, 0.6) is 0 Å². The molecule has 0 rings (SSSR count). The number of hydrogen-bond acceptors (Lipinski definition) is 5. The van der Waals surface area contributed by atoms with Crippen LogP contribution in [0.25, 0.3) is 0 Å². The molecule has 0 aromatic heterocycles. The van der Waals surface area contributed by atoms with Gasteiger partial charge in [0.15, 0.2) is 0 Å². The Hall–Kier alpha value is -0.200. The van der Waals surface area contributed by atoms with Crippen LogP contribution in [0.4, 0.5) is 0 Å². The number of aliphatic hydroxyl groups is 4. The van der Waals surface area contributed by atoms with E-state index in [9.17, 15) is 0 Å². The minimum Gasteiger partial charge on any atom is -0.400 e. The van der Waals surface area contributed by atoms with Crippen LogP contribution >= 0.6 is 0 Å². The van der Waals surface area contributed by atoms with E-state index in [0.29, 0.717) is 0 Å². The third-order valence-electron chi connectivity index (χ3n) is 0.945. The summed E-state index contributed by atoms with van der Waals surface area (Å²) in [4.78, 5) is 0. The highest BCUT2D eigenvalue weighted by Gasteiger charge is 2.20. The zero-order valence-electron chi connectivity index (χ0n) is 7.99. The van der Waals surface area contributed by atoms with Crippen LogP contribution in [0, 0.1) is 0 Å². The second-order valence-corrected chi connectivity index (χ2v) is 1.84. The summed E-state index contributed by atoms with van der Waals surface area (Å²) in [5.41, 5.74) is 3.94. The number of aliphatic hydroxyl groups excluding tert-OH is 4. The lowest BCUT2D eigenvalue weighted by Crippen LogP contribution is -2.50. The SMILES string of the molecule is CC.CO.NC(CO)(CO)CO. The molecule has 0 aromatic rings. The zero-order valence-corrected chi connectivity index (χ0v) is 7.99. The van der Waals surface area contributed by atoms with Crippen molar-refractivity contribution in [2.24, 2.45) is 5.73 Å². The molecular weight excluding hydrogens is 162 g/mol. The monoisotopic (exact) mass is 183 g/mol. The van der Waals surface area contributed by atoms with E-state index in [2.05, 4.69) is 0 Å². The summed E-state index contributed by atoms with van der Waals surface area (Å²) in [6, 6.07) is 0. The van der Waals surface area contributed by atoms with Crippen molar-refractivity contribution in [3.05, 3.63) is 0 Å². The minimum absolute atomic E-state index is 0.403. The molecule has 5 heteroatoms. The van der Waals surface area contributed by atoms with Gasteiger partial charge in [0.05, 0.1) is 25.4 Å². The van der Waals surface area contributed by atoms with Crippen molar-refractivity contribution in [3.8, 4) is 0 Å². The number of rotatable bonds is 3. The minimum atomic E-state index is -1.21. The highest BCUT2D eigenvalue weighted by molar-refractivity contribution is 4.80. The molecule has 12 heavy (non-hydrogen) atoms. The van der Waals surface area contributed by atoms with E-state index < -0.39 is 25.4 Å². The summed E-state index contributed by atoms with van der Waals surface area (Å²) in [6.45, 7) is 2.79. The summed E-state index contributed by atoms with van der Waals surface area (Å²) in [5, 5.41) is 32.0. The second-order valence-electron chi connectivity index (χ2n) is 1.84. The van der Waals surface area contributed by atoms with E-state index in [1.807, 2.05) is 13.8 Å². The van der Waals surface area contributed by atoms with Crippen molar-refractivity contribution in [1.29, 1.82) is 0 Å². The topological polar surface area (TPSA) is 107 Å². The molecule has 0 unspecified atom stereocenters. The van der Waals surface area contributed by atoms with Gasteiger partial charge < -0.3 is 26.2 Å². The first-order valence-electron chi connectivity index (χ1n) is 3.75. The summed E-state index contributed by atoms with van der Waals surface area (Å²) in [7, 11) is 1.00. The average molecular weight is 183 g/mol. The maximum atomic E-state index is 8.34. The highest BCUT2D eigenvalue weighted by atomic mass is 16.3. The fourth-order valence-electron chi connectivity index (χ4n) is 0.150. The predicted octanol–water partition coefficient (Wildman–Crippen LogP) is -1.70.